The summed E-state index contributed by atoms with van der Waals surface area (Å²) >= 11 is 6.11. The molecular weight excluding hydrogens is 324 g/mol. The van der Waals surface area contributed by atoms with E-state index in [2.05, 4.69) is 9.97 Å². The number of amides is 1. The van der Waals surface area contributed by atoms with Crippen molar-refractivity contribution in [1.82, 2.24) is 9.97 Å². The van der Waals surface area contributed by atoms with Crippen molar-refractivity contribution in [2.24, 2.45) is 0 Å². The van der Waals surface area contributed by atoms with Gasteiger partial charge in [0.1, 0.15) is 12.1 Å². The lowest BCUT2D eigenvalue weighted by atomic mass is 10.2. The third-order valence-corrected chi connectivity index (χ3v) is 4.40. The number of aromatic nitrogens is 2. The molecule has 1 amide bonds. The van der Waals surface area contributed by atoms with Crippen molar-refractivity contribution >= 4 is 39.9 Å². The van der Waals surface area contributed by atoms with Crippen LogP contribution in [0.3, 0.4) is 0 Å². The van der Waals surface area contributed by atoms with Crippen LogP contribution in [0.5, 0.6) is 0 Å². The van der Waals surface area contributed by atoms with E-state index in [1.54, 1.807) is 6.07 Å². The monoisotopic (exact) mass is 338 g/mol. The quantitative estimate of drug-likeness (QED) is 0.720. The lowest BCUT2D eigenvalue weighted by molar-refractivity contribution is -0.117. The van der Waals surface area contributed by atoms with E-state index in [-0.39, 0.29) is 12.5 Å². The van der Waals surface area contributed by atoms with Crippen molar-refractivity contribution < 1.29 is 4.79 Å². The van der Waals surface area contributed by atoms with Gasteiger partial charge in [-0.05, 0) is 30.3 Å². The fraction of sp³-hybridized carbons (Fsp3) is 0.167. The molecule has 2 aromatic carbocycles. The van der Waals surface area contributed by atoms with Gasteiger partial charge in [-0.15, -0.1) is 0 Å². The number of carbonyl (C=O) groups excluding carboxylic acids is 1. The molecule has 6 heteroatoms. The van der Waals surface area contributed by atoms with Crippen LogP contribution in [0.15, 0.2) is 54.9 Å². The van der Waals surface area contributed by atoms with Crippen molar-refractivity contribution in [1.29, 1.82) is 0 Å². The first-order valence-corrected chi connectivity index (χ1v) is 8.11. The number of piperazine rings is 1. The highest BCUT2D eigenvalue weighted by Gasteiger charge is 2.26. The molecule has 0 atom stereocenters. The van der Waals surface area contributed by atoms with Crippen LogP contribution < -0.4 is 9.80 Å². The number of carbonyl (C=O) groups is 1. The lowest BCUT2D eigenvalue weighted by Gasteiger charge is -2.35. The third-order valence-electron chi connectivity index (χ3n) is 4.16. The number of halogens is 1. The molecule has 1 aliphatic rings. The summed E-state index contributed by atoms with van der Waals surface area (Å²) in [6, 6.07) is 15.2. The van der Waals surface area contributed by atoms with Crippen molar-refractivity contribution in [3.8, 4) is 0 Å². The maximum atomic E-state index is 12.6. The first-order chi connectivity index (χ1) is 11.7. The second kappa shape index (κ2) is 6.09. The molecular formula is C18H15ClN4O. The van der Waals surface area contributed by atoms with E-state index in [1.165, 1.54) is 6.33 Å². The average Bonchev–Trinajstić information content (AvgIpc) is 2.62. The minimum atomic E-state index is 0.0567. The van der Waals surface area contributed by atoms with Crippen LogP contribution >= 0.6 is 11.6 Å². The average molecular weight is 339 g/mol. The second-order valence-electron chi connectivity index (χ2n) is 5.66. The van der Waals surface area contributed by atoms with Crippen molar-refractivity contribution in [3.05, 3.63) is 59.9 Å². The van der Waals surface area contributed by atoms with Crippen LogP contribution in [0.25, 0.3) is 10.9 Å². The zero-order valence-corrected chi connectivity index (χ0v) is 13.6. The highest BCUT2D eigenvalue weighted by molar-refractivity contribution is 6.31. The number of anilines is 2. The van der Waals surface area contributed by atoms with Crippen molar-refractivity contribution in [3.63, 3.8) is 0 Å². The fourth-order valence-corrected chi connectivity index (χ4v) is 3.17. The van der Waals surface area contributed by atoms with E-state index in [4.69, 9.17) is 11.6 Å². The van der Waals surface area contributed by atoms with Gasteiger partial charge in [0.15, 0.2) is 0 Å². The molecule has 3 aromatic rings. The highest BCUT2D eigenvalue weighted by Crippen LogP contribution is 2.27. The summed E-state index contributed by atoms with van der Waals surface area (Å²) in [5, 5.41) is 1.50. The minimum Gasteiger partial charge on any atom is -0.345 e. The summed E-state index contributed by atoms with van der Waals surface area (Å²) in [6.45, 7) is 1.61. The van der Waals surface area contributed by atoms with Crippen LogP contribution in [0.4, 0.5) is 11.5 Å². The lowest BCUT2D eigenvalue weighted by Crippen LogP contribution is -2.51. The predicted molar refractivity (Wildman–Crippen MR) is 95.6 cm³/mol. The summed E-state index contributed by atoms with van der Waals surface area (Å²) in [5.41, 5.74) is 1.75. The molecule has 1 saturated heterocycles. The largest absolute Gasteiger partial charge is 0.345 e. The van der Waals surface area contributed by atoms with Crippen LogP contribution in [0.2, 0.25) is 5.02 Å². The van der Waals surface area contributed by atoms with Crippen molar-refractivity contribution in [2.45, 2.75) is 0 Å². The summed E-state index contributed by atoms with van der Waals surface area (Å²) in [5.74, 6) is 0.810. The summed E-state index contributed by atoms with van der Waals surface area (Å²) < 4.78 is 0. The Labute approximate surface area is 144 Å². The maximum absolute atomic E-state index is 12.6. The minimum absolute atomic E-state index is 0.0567. The van der Waals surface area contributed by atoms with Gasteiger partial charge in [0.05, 0.1) is 12.1 Å². The fourth-order valence-electron chi connectivity index (χ4n) is 3.00. The van der Waals surface area contributed by atoms with Crippen molar-refractivity contribution in [2.75, 3.05) is 29.4 Å². The van der Waals surface area contributed by atoms with Gasteiger partial charge < -0.3 is 9.80 Å². The Bertz CT molecular complexity index is 900. The molecule has 0 radical (unpaired) electrons. The van der Waals surface area contributed by atoms with Gasteiger partial charge in [-0.25, -0.2) is 9.97 Å². The summed E-state index contributed by atoms with van der Waals surface area (Å²) in [6.07, 6.45) is 1.53. The van der Waals surface area contributed by atoms with Gasteiger partial charge in [0.25, 0.3) is 0 Å². The number of nitrogens with zero attached hydrogens (tertiary/aromatic N) is 4. The van der Waals surface area contributed by atoms with E-state index in [1.807, 2.05) is 52.3 Å². The molecule has 5 nitrogen and oxygen atoms in total. The molecule has 0 spiro atoms. The number of para-hydroxylation sites is 1. The molecule has 2 heterocycles. The summed E-state index contributed by atoms with van der Waals surface area (Å²) in [4.78, 5) is 25.1. The first kappa shape index (κ1) is 14.9. The molecule has 1 fully saturated rings. The van der Waals surface area contributed by atoms with E-state index in [0.29, 0.717) is 18.1 Å². The molecule has 24 heavy (non-hydrogen) atoms. The van der Waals surface area contributed by atoms with Gasteiger partial charge >= 0.3 is 0 Å². The van der Waals surface area contributed by atoms with Crippen LogP contribution in [-0.4, -0.2) is 35.5 Å². The number of hydrogen-bond donors (Lipinski definition) is 0. The predicted octanol–water partition coefficient (Wildman–Crippen LogP) is 3.14. The molecule has 120 valence electrons. The molecule has 0 aliphatic carbocycles. The molecule has 1 aromatic heterocycles. The standard InChI is InChI=1S/C18H15ClN4O/c19-13-6-7-16-15(10-13)18(21-12-20-16)22-8-9-23(17(24)11-22)14-4-2-1-3-5-14/h1-7,10,12H,8-9,11H2. The van der Waals surface area contributed by atoms with Gasteiger partial charge in [-0.1, -0.05) is 29.8 Å². The molecule has 0 unspecified atom stereocenters. The van der Waals surface area contributed by atoms with Gasteiger partial charge in [0.2, 0.25) is 5.91 Å². The Morgan fingerprint density at radius 3 is 2.62 bits per heavy atom. The Morgan fingerprint density at radius 2 is 1.83 bits per heavy atom. The summed E-state index contributed by atoms with van der Waals surface area (Å²) in [7, 11) is 0. The Balaban J connectivity index is 1.64. The maximum Gasteiger partial charge on any atom is 0.246 e. The van der Waals surface area contributed by atoms with E-state index < -0.39 is 0 Å². The van der Waals surface area contributed by atoms with Crippen LogP contribution in [-0.2, 0) is 4.79 Å². The van der Waals surface area contributed by atoms with Gasteiger partial charge in [-0.2, -0.15) is 0 Å². The van der Waals surface area contributed by atoms with Crippen LogP contribution in [0, 0.1) is 0 Å². The smallest absolute Gasteiger partial charge is 0.246 e. The zero-order chi connectivity index (χ0) is 16.5. The van der Waals surface area contributed by atoms with Gasteiger partial charge in [-0.3, -0.25) is 4.79 Å². The number of rotatable bonds is 2. The second-order valence-corrected chi connectivity index (χ2v) is 6.10. The highest BCUT2D eigenvalue weighted by atomic mass is 35.5. The SMILES string of the molecule is O=C1CN(c2ncnc3ccc(Cl)cc23)CCN1c1ccccc1. The van der Waals surface area contributed by atoms with E-state index in [9.17, 15) is 4.79 Å². The van der Waals surface area contributed by atoms with E-state index >= 15 is 0 Å². The number of benzene rings is 2. The Hall–Kier alpha value is -2.66. The molecule has 0 saturated carbocycles. The Kier molecular flexibility index (Phi) is 3.78. The Morgan fingerprint density at radius 1 is 1.00 bits per heavy atom. The van der Waals surface area contributed by atoms with Gasteiger partial charge in [0, 0.05) is 29.2 Å². The number of hydrogen-bond acceptors (Lipinski definition) is 4. The molecule has 4 rings (SSSR count). The van der Waals surface area contributed by atoms with E-state index in [0.717, 1.165) is 22.4 Å². The van der Waals surface area contributed by atoms with Crippen LogP contribution in [0.1, 0.15) is 0 Å². The zero-order valence-electron chi connectivity index (χ0n) is 12.9. The number of fused-ring (bicyclic) bond motifs is 1. The topological polar surface area (TPSA) is 49.3 Å². The third kappa shape index (κ3) is 2.67. The molecule has 0 N–H and O–H groups in total. The normalized spacial score (nSPS) is 15.1. The molecule has 1 aliphatic heterocycles. The first-order valence-electron chi connectivity index (χ1n) is 7.73. The molecule has 0 bridgehead atoms.